The van der Waals surface area contributed by atoms with Gasteiger partial charge >= 0.3 is 12.1 Å². The van der Waals surface area contributed by atoms with Gasteiger partial charge < -0.3 is 13.7 Å². The summed E-state index contributed by atoms with van der Waals surface area (Å²) in [5.41, 5.74) is 0.0415. The molecule has 1 aromatic carbocycles. The van der Waals surface area contributed by atoms with Crippen molar-refractivity contribution in [2.75, 3.05) is 11.8 Å². The Hall–Kier alpha value is -3.28. The Bertz CT molecular complexity index is 1100. The zero-order valence-electron chi connectivity index (χ0n) is 14.0. The molecule has 0 aliphatic rings. The Morgan fingerprint density at radius 3 is 2.39 bits per heavy atom. The van der Waals surface area contributed by atoms with Crippen molar-refractivity contribution in [1.82, 2.24) is 5.16 Å². The van der Waals surface area contributed by atoms with E-state index in [1.807, 2.05) is 0 Å². The molecule has 28 heavy (non-hydrogen) atoms. The smallest absolute Gasteiger partial charge is 0.452 e. The van der Waals surface area contributed by atoms with E-state index in [1.54, 1.807) is 0 Å². The van der Waals surface area contributed by atoms with Crippen LogP contribution in [0.25, 0.3) is 11.5 Å². The maximum atomic E-state index is 12.6. The van der Waals surface area contributed by atoms with E-state index < -0.39 is 33.0 Å². The Morgan fingerprint density at radius 2 is 1.82 bits per heavy atom. The van der Waals surface area contributed by atoms with Gasteiger partial charge in [-0.15, -0.1) is 0 Å². The van der Waals surface area contributed by atoms with E-state index in [0.29, 0.717) is 6.07 Å². The first-order chi connectivity index (χ1) is 13.1. The maximum Gasteiger partial charge on any atom is 0.452 e. The number of furan rings is 1. The number of nitrogens with zero attached hydrogens (tertiary/aromatic N) is 1. The second-order valence-corrected chi connectivity index (χ2v) is 6.98. The zero-order chi connectivity index (χ0) is 20.5. The average Bonchev–Trinajstić information content (AvgIpc) is 3.30. The Morgan fingerprint density at radius 1 is 1.14 bits per heavy atom. The minimum Gasteiger partial charge on any atom is -0.465 e. The lowest BCUT2D eigenvalue weighted by Crippen LogP contribution is -2.12. The van der Waals surface area contributed by atoms with Crippen molar-refractivity contribution < 1.29 is 40.1 Å². The molecule has 12 heteroatoms. The molecule has 3 aromatic rings. The lowest BCUT2D eigenvalue weighted by atomic mass is 10.2. The summed E-state index contributed by atoms with van der Waals surface area (Å²) in [5, 5.41) is 2.67. The molecular formula is C16H11F3N2O6S. The number of halogens is 3. The van der Waals surface area contributed by atoms with Crippen molar-refractivity contribution in [1.29, 1.82) is 0 Å². The number of benzene rings is 1. The number of methoxy groups -OCH3 is 1. The van der Waals surface area contributed by atoms with Crippen LogP contribution in [0.3, 0.4) is 0 Å². The first kappa shape index (κ1) is 19.5. The van der Waals surface area contributed by atoms with Crippen LogP contribution < -0.4 is 4.72 Å². The van der Waals surface area contributed by atoms with Crippen LogP contribution >= 0.6 is 0 Å². The lowest BCUT2D eigenvalue weighted by Gasteiger charge is -2.06. The van der Waals surface area contributed by atoms with Gasteiger partial charge in [-0.2, -0.15) is 21.6 Å². The fourth-order valence-electron chi connectivity index (χ4n) is 2.12. The summed E-state index contributed by atoms with van der Waals surface area (Å²) in [5.74, 6) is -2.15. The maximum absolute atomic E-state index is 12.6. The van der Waals surface area contributed by atoms with Crippen molar-refractivity contribution in [2.45, 2.75) is 11.3 Å². The van der Waals surface area contributed by atoms with Gasteiger partial charge in [0, 0.05) is 11.8 Å². The van der Waals surface area contributed by atoms with E-state index in [-0.39, 0.29) is 22.7 Å². The third kappa shape index (κ3) is 4.01. The number of esters is 1. The first-order valence-electron chi connectivity index (χ1n) is 7.45. The third-order valence-corrected chi connectivity index (χ3v) is 4.70. The highest BCUT2D eigenvalue weighted by Crippen LogP contribution is 2.33. The molecule has 0 radical (unpaired) electrons. The predicted octanol–water partition coefficient (Wildman–Crippen LogP) is 3.54. The summed E-state index contributed by atoms with van der Waals surface area (Å²) in [7, 11) is -2.97. The minimum atomic E-state index is -4.73. The highest BCUT2D eigenvalue weighted by atomic mass is 32.2. The fourth-order valence-corrected chi connectivity index (χ4v) is 3.12. The molecule has 8 nitrogen and oxygen atoms in total. The molecule has 0 unspecified atom stereocenters. The second-order valence-electron chi connectivity index (χ2n) is 5.37. The first-order valence-corrected chi connectivity index (χ1v) is 8.94. The van der Waals surface area contributed by atoms with Crippen molar-refractivity contribution >= 4 is 21.7 Å². The van der Waals surface area contributed by atoms with Crippen molar-refractivity contribution in [3.63, 3.8) is 0 Å². The number of carbonyl (C=O) groups is 1. The van der Waals surface area contributed by atoms with Crippen LogP contribution in [0.2, 0.25) is 0 Å². The number of anilines is 1. The van der Waals surface area contributed by atoms with E-state index in [1.165, 1.54) is 31.4 Å². The summed E-state index contributed by atoms with van der Waals surface area (Å²) in [4.78, 5) is 11.4. The Kier molecular flexibility index (Phi) is 4.89. The molecule has 0 bridgehead atoms. The van der Waals surface area contributed by atoms with Crippen LogP contribution in [0, 0.1) is 0 Å². The van der Waals surface area contributed by atoms with Crippen LogP contribution in [-0.2, 0) is 20.9 Å². The van der Waals surface area contributed by atoms with Gasteiger partial charge in [0.15, 0.2) is 5.76 Å². The average molecular weight is 416 g/mol. The van der Waals surface area contributed by atoms with Gasteiger partial charge in [-0.05, 0) is 36.4 Å². The summed E-state index contributed by atoms with van der Waals surface area (Å²) in [6.45, 7) is 0. The molecule has 1 N–H and O–H groups in total. The summed E-state index contributed by atoms with van der Waals surface area (Å²) in [6, 6.07) is 8.17. The highest BCUT2D eigenvalue weighted by Gasteiger charge is 2.36. The van der Waals surface area contributed by atoms with Gasteiger partial charge in [-0.3, -0.25) is 4.72 Å². The lowest BCUT2D eigenvalue weighted by molar-refractivity contribution is -0.155. The SMILES string of the molecule is COC(=O)c1ccc(NS(=O)(=O)c2ccc(-c3cc(C(F)(F)F)on3)o2)cc1. The largest absolute Gasteiger partial charge is 0.465 e. The van der Waals surface area contributed by atoms with Gasteiger partial charge in [0.2, 0.25) is 10.9 Å². The number of sulfonamides is 1. The molecule has 0 spiro atoms. The topological polar surface area (TPSA) is 112 Å². The van der Waals surface area contributed by atoms with Gasteiger partial charge in [-0.25, -0.2) is 4.79 Å². The fraction of sp³-hybridized carbons (Fsp3) is 0.125. The van der Waals surface area contributed by atoms with Gasteiger partial charge in [0.25, 0.3) is 10.0 Å². The number of nitrogens with one attached hydrogen (secondary N) is 1. The van der Waals surface area contributed by atoms with E-state index in [9.17, 15) is 26.4 Å². The van der Waals surface area contributed by atoms with Gasteiger partial charge in [-0.1, -0.05) is 5.16 Å². The minimum absolute atomic E-state index is 0.131. The molecular weight excluding hydrogens is 405 g/mol. The highest BCUT2D eigenvalue weighted by molar-refractivity contribution is 7.92. The van der Waals surface area contributed by atoms with Gasteiger partial charge in [0.1, 0.15) is 5.69 Å². The Balaban J connectivity index is 1.80. The molecule has 0 fully saturated rings. The van der Waals surface area contributed by atoms with Crippen LogP contribution in [0.1, 0.15) is 16.1 Å². The molecule has 0 saturated heterocycles. The number of carbonyl (C=O) groups excluding carboxylic acids is 1. The van der Waals surface area contributed by atoms with Crippen molar-refractivity contribution in [3.8, 4) is 11.5 Å². The van der Waals surface area contributed by atoms with E-state index in [4.69, 9.17) is 4.42 Å². The number of ether oxygens (including phenoxy) is 1. The van der Waals surface area contributed by atoms with Crippen LogP contribution in [0.5, 0.6) is 0 Å². The molecule has 0 aliphatic carbocycles. The second kappa shape index (κ2) is 7.03. The van der Waals surface area contributed by atoms with E-state index in [2.05, 4.69) is 19.1 Å². The molecule has 0 aliphatic heterocycles. The molecule has 2 heterocycles. The number of hydrogen-bond acceptors (Lipinski definition) is 7. The van der Waals surface area contributed by atoms with Gasteiger partial charge in [0.05, 0.1) is 12.7 Å². The quantitative estimate of drug-likeness (QED) is 0.633. The van der Waals surface area contributed by atoms with E-state index >= 15 is 0 Å². The molecule has 3 rings (SSSR count). The monoisotopic (exact) mass is 416 g/mol. The standard InChI is InChI=1S/C16H11F3N2O6S/c1-25-15(22)9-2-4-10(5-3-9)21-28(23,24)14-7-6-12(26-14)11-8-13(27-20-11)16(17,18)19/h2-8,21H,1H3. The molecule has 0 saturated carbocycles. The number of aromatic nitrogens is 1. The Labute approximate surface area is 155 Å². The number of rotatable bonds is 5. The van der Waals surface area contributed by atoms with Crippen molar-refractivity contribution in [3.05, 3.63) is 53.8 Å². The van der Waals surface area contributed by atoms with Crippen molar-refractivity contribution in [2.24, 2.45) is 0 Å². The van der Waals surface area contributed by atoms with Crippen LogP contribution in [0.4, 0.5) is 18.9 Å². The normalized spacial score (nSPS) is 12.0. The molecule has 148 valence electrons. The predicted molar refractivity (Wildman–Crippen MR) is 87.8 cm³/mol. The third-order valence-electron chi connectivity index (χ3n) is 3.45. The summed E-state index contributed by atoms with van der Waals surface area (Å²) < 4.78 is 78.4. The summed E-state index contributed by atoms with van der Waals surface area (Å²) in [6.07, 6.45) is -4.73. The summed E-state index contributed by atoms with van der Waals surface area (Å²) >= 11 is 0. The molecule has 2 aromatic heterocycles. The van der Waals surface area contributed by atoms with Crippen LogP contribution in [0.15, 0.2) is 56.5 Å². The molecule has 0 amide bonds. The molecule has 0 atom stereocenters. The van der Waals surface area contributed by atoms with Crippen LogP contribution in [-0.4, -0.2) is 26.7 Å². The number of hydrogen-bond donors (Lipinski definition) is 1. The zero-order valence-corrected chi connectivity index (χ0v) is 14.8. The van der Waals surface area contributed by atoms with E-state index in [0.717, 1.165) is 12.1 Å². The number of alkyl halides is 3.